The van der Waals surface area contributed by atoms with Gasteiger partial charge in [0, 0.05) is 12.0 Å². The van der Waals surface area contributed by atoms with E-state index in [1.54, 1.807) is 0 Å². The quantitative estimate of drug-likeness (QED) is 0.554. The Morgan fingerprint density at radius 3 is 2.71 bits per heavy atom. The average molecular weight is 371 g/mol. The first kappa shape index (κ1) is 17.2. The molecule has 0 bridgehead atoms. The van der Waals surface area contributed by atoms with Crippen LogP contribution in [0.25, 0.3) is 17.0 Å². The summed E-state index contributed by atoms with van der Waals surface area (Å²) >= 11 is 0. The number of H-pyrrole nitrogens is 1. The van der Waals surface area contributed by atoms with Crippen LogP contribution < -0.4 is 5.73 Å². The highest BCUT2D eigenvalue weighted by atomic mass is 15.4. The van der Waals surface area contributed by atoms with Gasteiger partial charge >= 0.3 is 0 Å². The molecule has 0 radical (unpaired) electrons. The number of rotatable bonds is 5. The second-order valence-electron chi connectivity index (χ2n) is 7.63. The van der Waals surface area contributed by atoms with Gasteiger partial charge in [0.25, 0.3) is 0 Å². The first-order valence-electron chi connectivity index (χ1n) is 10.1. The van der Waals surface area contributed by atoms with Crippen molar-refractivity contribution in [3.8, 4) is 5.95 Å². The van der Waals surface area contributed by atoms with Crippen LogP contribution in [0.5, 0.6) is 0 Å². The van der Waals surface area contributed by atoms with Crippen molar-refractivity contribution in [2.24, 2.45) is 5.73 Å². The molecule has 0 fully saturated rings. The van der Waals surface area contributed by atoms with Crippen molar-refractivity contribution in [2.75, 3.05) is 6.54 Å². The van der Waals surface area contributed by atoms with Crippen molar-refractivity contribution in [2.45, 2.75) is 38.0 Å². The zero-order chi connectivity index (χ0) is 18.9. The predicted octanol–water partition coefficient (Wildman–Crippen LogP) is 4.11. The van der Waals surface area contributed by atoms with E-state index in [4.69, 9.17) is 15.8 Å². The van der Waals surface area contributed by atoms with Crippen LogP contribution >= 0.6 is 0 Å². The van der Waals surface area contributed by atoms with E-state index < -0.39 is 0 Å². The molecule has 2 aromatic heterocycles. The number of fused-ring (bicyclic) bond motifs is 2. The van der Waals surface area contributed by atoms with Gasteiger partial charge in [-0.05, 0) is 55.8 Å². The Kier molecular flexibility index (Phi) is 4.45. The molecule has 0 spiro atoms. The van der Waals surface area contributed by atoms with Gasteiger partial charge in [-0.2, -0.15) is 5.10 Å². The number of imidazole rings is 1. The van der Waals surface area contributed by atoms with Crippen molar-refractivity contribution in [1.82, 2.24) is 19.7 Å². The topological polar surface area (TPSA) is 72.5 Å². The summed E-state index contributed by atoms with van der Waals surface area (Å²) in [6.07, 6.45) is 5.26. The van der Waals surface area contributed by atoms with Crippen molar-refractivity contribution >= 4 is 11.0 Å². The van der Waals surface area contributed by atoms with Gasteiger partial charge in [-0.3, -0.25) is 0 Å². The maximum Gasteiger partial charge on any atom is 0.229 e. The van der Waals surface area contributed by atoms with Crippen LogP contribution in [0.3, 0.4) is 0 Å². The molecule has 0 amide bonds. The third kappa shape index (κ3) is 3.02. The van der Waals surface area contributed by atoms with E-state index in [0.29, 0.717) is 12.5 Å². The van der Waals surface area contributed by atoms with Gasteiger partial charge in [0.2, 0.25) is 5.95 Å². The monoisotopic (exact) mass is 371 g/mol. The van der Waals surface area contributed by atoms with Crippen molar-refractivity contribution in [1.29, 1.82) is 0 Å². The standard InChI is InChI=1S/C23H25N5/c24-14-13-17-9-6-12-21-22(17)20(15-16-7-2-1-3-8-16)27-28(21)23-25-18-10-4-5-11-19(18)26-23/h1-5,7-8,10-11,17H,6,9,12-15,24H2,(H,25,26). The Balaban J connectivity index is 1.64. The Morgan fingerprint density at radius 1 is 1.07 bits per heavy atom. The predicted molar refractivity (Wildman–Crippen MR) is 112 cm³/mol. The molecule has 1 atom stereocenters. The highest BCUT2D eigenvalue weighted by Crippen LogP contribution is 2.37. The van der Waals surface area contributed by atoms with E-state index in [1.807, 2.05) is 18.2 Å². The number of para-hydroxylation sites is 2. The molecule has 5 nitrogen and oxygen atoms in total. The van der Waals surface area contributed by atoms with E-state index in [9.17, 15) is 0 Å². The van der Waals surface area contributed by atoms with Crippen LogP contribution in [0.4, 0.5) is 0 Å². The highest BCUT2D eigenvalue weighted by Gasteiger charge is 2.29. The summed E-state index contributed by atoms with van der Waals surface area (Å²) in [6.45, 7) is 0.713. The molecule has 142 valence electrons. The van der Waals surface area contributed by atoms with E-state index in [0.717, 1.165) is 36.2 Å². The van der Waals surface area contributed by atoms with Gasteiger partial charge < -0.3 is 10.7 Å². The van der Waals surface area contributed by atoms with Crippen LogP contribution in [-0.4, -0.2) is 26.3 Å². The third-order valence-corrected chi connectivity index (χ3v) is 5.78. The van der Waals surface area contributed by atoms with Gasteiger partial charge in [-0.1, -0.05) is 42.5 Å². The maximum absolute atomic E-state index is 5.94. The molecule has 3 N–H and O–H groups in total. The zero-order valence-corrected chi connectivity index (χ0v) is 15.9. The summed E-state index contributed by atoms with van der Waals surface area (Å²) in [5, 5.41) is 5.07. The summed E-state index contributed by atoms with van der Waals surface area (Å²) in [5.74, 6) is 1.30. The number of nitrogens with zero attached hydrogens (tertiary/aromatic N) is 3. The fourth-order valence-electron chi connectivity index (χ4n) is 4.51. The number of aromatic nitrogens is 4. The summed E-state index contributed by atoms with van der Waals surface area (Å²) in [4.78, 5) is 8.25. The van der Waals surface area contributed by atoms with E-state index in [-0.39, 0.29) is 0 Å². The third-order valence-electron chi connectivity index (χ3n) is 5.78. The molecule has 28 heavy (non-hydrogen) atoms. The van der Waals surface area contributed by atoms with Crippen molar-refractivity contribution < 1.29 is 0 Å². The minimum absolute atomic E-state index is 0.491. The number of benzene rings is 2. The minimum atomic E-state index is 0.491. The lowest BCUT2D eigenvalue weighted by atomic mass is 9.82. The number of aromatic amines is 1. The molecule has 5 rings (SSSR count). The first-order chi connectivity index (χ1) is 13.8. The van der Waals surface area contributed by atoms with E-state index in [1.165, 1.54) is 35.4 Å². The Hall–Kier alpha value is -2.92. The Labute approximate surface area is 164 Å². The van der Waals surface area contributed by atoms with E-state index >= 15 is 0 Å². The molecule has 1 unspecified atom stereocenters. The minimum Gasteiger partial charge on any atom is -0.330 e. The molecule has 4 aromatic rings. The van der Waals surface area contributed by atoms with Crippen LogP contribution in [0.2, 0.25) is 0 Å². The summed E-state index contributed by atoms with van der Waals surface area (Å²) < 4.78 is 2.05. The zero-order valence-electron chi connectivity index (χ0n) is 15.9. The van der Waals surface area contributed by atoms with Crippen LogP contribution in [0, 0.1) is 0 Å². The van der Waals surface area contributed by atoms with Crippen LogP contribution in [0.15, 0.2) is 54.6 Å². The lowest BCUT2D eigenvalue weighted by Gasteiger charge is -2.23. The molecular formula is C23H25N5. The lowest BCUT2D eigenvalue weighted by Crippen LogP contribution is -2.16. The largest absolute Gasteiger partial charge is 0.330 e. The molecule has 2 aromatic carbocycles. The molecule has 1 aliphatic rings. The lowest BCUT2D eigenvalue weighted by molar-refractivity contribution is 0.515. The SMILES string of the molecule is NCCC1CCCc2c1c(Cc1ccccc1)nn2-c1nc2ccccc2[nH]1. The number of nitrogens with two attached hydrogens (primary N) is 1. The van der Waals surface area contributed by atoms with Gasteiger partial charge in [-0.25, -0.2) is 9.67 Å². The van der Waals surface area contributed by atoms with Gasteiger partial charge in [0.05, 0.1) is 22.4 Å². The molecule has 0 saturated heterocycles. The van der Waals surface area contributed by atoms with Gasteiger partial charge in [-0.15, -0.1) is 0 Å². The number of hydrogen-bond donors (Lipinski definition) is 2. The summed E-state index contributed by atoms with van der Waals surface area (Å²) in [5.41, 5.74) is 13.1. The van der Waals surface area contributed by atoms with Gasteiger partial charge in [0.1, 0.15) is 0 Å². The fourth-order valence-corrected chi connectivity index (χ4v) is 4.51. The highest BCUT2D eigenvalue weighted by molar-refractivity contribution is 5.76. The van der Waals surface area contributed by atoms with Crippen molar-refractivity contribution in [3.05, 3.63) is 77.1 Å². The van der Waals surface area contributed by atoms with Crippen molar-refractivity contribution in [3.63, 3.8) is 0 Å². The number of nitrogens with one attached hydrogen (secondary N) is 1. The van der Waals surface area contributed by atoms with Crippen LogP contribution in [0.1, 0.15) is 47.7 Å². The average Bonchev–Trinajstić information content (AvgIpc) is 3.31. The Morgan fingerprint density at radius 2 is 1.89 bits per heavy atom. The molecule has 1 aliphatic carbocycles. The molecule has 5 heteroatoms. The van der Waals surface area contributed by atoms with Gasteiger partial charge in [0.15, 0.2) is 0 Å². The van der Waals surface area contributed by atoms with Crippen LogP contribution in [-0.2, 0) is 12.8 Å². The maximum atomic E-state index is 5.94. The smallest absolute Gasteiger partial charge is 0.229 e. The normalized spacial score (nSPS) is 16.4. The second-order valence-corrected chi connectivity index (χ2v) is 7.63. The second kappa shape index (κ2) is 7.24. The molecule has 0 aliphatic heterocycles. The summed E-state index contributed by atoms with van der Waals surface area (Å²) in [6, 6.07) is 18.7. The van der Waals surface area contributed by atoms with E-state index in [2.05, 4.69) is 46.1 Å². The first-order valence-corrected chi connectivity index (χ1v) is 10.1. The Bertz CT molecular complexity index is 1060. The fraction of sp³-hybridized carbons (Fsp3) is 0.304. The molecular weight excluding hydrogens is 346 g/mol. The number of hydrogen-bond acceptors (Lipinski definition) is 3. The molecule has 2 heterocycles. The molecule has 0 saturated carbocycles. The summed E-state index contributed by atoms with van der Waals surface area (Å²) in [7, 11) is 0.